The molecule has 2 aliphatic rings. The summed E-state index contributed by atoms with van der Waals surface area (Å²) in [4.78, 5) is 29.5. The molecule has 2 saturated carbocycles. The summed E-state index contributed by atoms with van der Waals surface area (Å²) in [6, 6.07) is 11.6. The fourth-order valence-corrected chi connectivity index (χ4v) is 4.30. The molecule has 0 spiro atoms. The number of aryl methyl sites for hydroxylation is 1. The summed E-state index contributed by atoms with van der Waals surface area (Å²) >= 11 is 0. The molecule has 2 fully saturated rings. The van der Waals surface area contributed by atoms with Crippen molar-refractivity contribution in [3.63, 3.8) is 0 Å². The summed E-state index contributed by atoms with van der Waals surface area (Å²) < 4.78 is 0. The van der Waals surface area contributed by atoms with Gasteiger partial charge in [-0.1, -0.05) is 31.0 Å². The van der Waals surface area contributed by atoms with E-state index in [-0.39, 0.29) is 29.8 Å². The van der Waals surface area contributed by atoms with Crippen molar-refractivity contribution in [3.05, 3.63) is 65.5 Å². The van der Waals surface area contributed by atoms with Crippen molar-refractivity contribution < 1.29 is 9.59 Å². The van der Waals surface area contributed by atoms with Gasteiger partial charge >= 0.3 is 0 Å². The third kappa shape index (κ3) is 4.08. The minimum Gasteiger partial charge on any atom is -0.351 e. The Morgan fingerprint density at radius 1 is 0.964 bits per heavy atom. The Bertz CT molecular complexity index is 852. The molecular formula is C23H27N3O2. The van der Waals surface area contributed by atoms with E-state index in [1.807, 2.05) is 43.3 Å². The van der Waals surface area contributed by atoms with Crippen LogP contribution in [0.5, 0.6) is 0 Å². The van der Waals surface area contributed by atoms with Gasteiger partial charge in [0.15, 0.2) is 0 Å². The first-order chi connectivity index (χ1) is 13.6. The molecule has 2 amide bonds. The number of hydrogen-bond acceptors (Lipinski definition) is 3. The van der Waals surface area contributed by atoms with E-state index in [4.69, 9.17) is 0 Å². The first kappa shape index (κ1) is 18.7. The van der Waals surface area contributed by atoms with Crippen molar-refractivity contribution >= 4 is 11.8 Å². The fourth-order valence-electron chi connectivity index (χ4n) is 4.30. The highest BCUT2D eigenvalue weighted by Gasteiger charge is 2.45. The predicted octanol–water partition coefficient (Wildman–Crippen LogP) is 3.35. The van der Waals surface area contributed by atoms with Crippen molar-refractivity contribution in [1.82, 2.24) is 15.6 Å². The average Bonchev–Trinajstić information content (AvgIpc) is 3.51. The number of nitrogens with zero attached hydrogens (tertiary/aromatic N) is 1. The maximum atomic E-state index is 12.8. The molecule has 2 N–H and O–H groups in total. The first-order valence-corrected chi connectivity index (χ1v) is 10.2. The highest BCUT2D eigenvalue weighted by Crippen LogP contribution is 2.47. The number of carbonyl (C=O) groups is 2. The number of benzene rings is 1. The van der Waals surface area contributed by atoms with Crippen molar-refractivity contribution in [2.75, 3.05) is 0 Å². The van der Waals surface area contributed by atoms with Gasteiger partial charge in [0.05, 0.1) is 0 Å². The second-order valence-corrected chi connectivity index (χ2v) is 8.02. The zero-order valence-electron chi connectivity index (χ0n) is 16.2. The summed E-state index contributed by atoms with van der Waals surface area (Å²) in [7, 11) is 0. The van der Waals surface area contributed by atoms with Crippen LogP contribution in [0.25, 0.3) is 0 Å². The summed E-state index contributed by atoms with van der Waals surface area (Å²) in [6.07, 6.45) is 8.43. The van der Waals surface area contributed by atoms with Crippen molar-refractivity contribution in [3.8, 4) is 0 Å². The molecule has 2 aliphatic carbocycles. The zero-order valence-corrected chi connectivity index (χ0v) is 16.2. The lowest BCUT2D eigenvalue weighted by Crippen LogP contribution is -2.53. The molecular weight excluding hydrogens is 350 g/mol. The van der Waals surface area contributed by atoms with E-state index in [9.17, 15) is 9.59 Å². The van der Waals surface area contributed by atoms with Crippen LogP contribution in [0, 0.1) is 12.8 Å². The molecule has 5 nitrogen and oxygen atoms in total. The largest absolute Gasteiger partial charge is 0.351 e. The lowest BCUT2D eigenvalue weighted by atomic mass is 9.89. The second-order valence-electron chi connectivity index (χ2n) is 8.02. The molecule has 5 heteroatoms. The van der Waals surface area contributed by atoms with Gasteiger partial charge in [-0.25, -0.2) is 0 Å². The van der Waals surface area contributed by atoms with Gasteiger partial charge in [0.25, 0.3) is 5.91 Å². The van der Waals surface area contributed by atoms with E-state index in [1.54, 1.807) is 12.4 Å². The fraction of sp³-hybridized carbons (Fsp3) is 0.435. The van der Waals surface area contributed by atoms with Gasteiger partial charge in [-0.2, -0.15) is 0 Å². The molecule has 1 aromatic heterocycles. The quantitative estimate of drug-likeness (QED) is 0.839. The standard InChI is InChI=1S/C23H27N3O2/c1-15-6-2-3-7-17(15)22(27)25-20-8-4-5-9-21(20)26-23(28)19-14-18(19)16-10-12-24-13-11-16/h2-3,6-7,10-13,18-21H,4-5,8-9,14H2,1H3,(H,25,27)(H,26,28)/t18-,19+,20+,21+/m0/s1. The van der Waals surface area contributed by atoms with Crippen LogP contribution >= 0.6 is 0 Å². The number of aromatic nitrogens is 1. The third-order valence-electron chi connectivity index (χ3n) is 6.06. The molecule has 0 unspecified atom stereocenters. The Hall–Kier alpha value is -2.69. The third-order valence-corrected chi connectivity index (χ3v) is 6.06. The molecule has 146 valence electrons. The van der Waals surface area contributed by atoms with E-state index in [2.05, 4.69) is 15.6 Å². The molecule has 2 aromatic rings. The van der Waals surface area contributed by atoms with Gasteiger partial charge in [-0.05, 0) is 61.4 Å². The molecule has 4 atom stereocenters. The van der Waals surface area contributed by atoms with Crippen LogP contribution < -0.4 is 10.6 Å². The number of amides is 2. The van der Waals surface area contributed by atoms with Crippen LogP contribution in [0.4, 0.5) is 0 Å². The number of carbonyl (C=O) groups excluding carboxylic acids is 2. The highest BCUT2D eigenvalue weighted by molar-refractivity contribution is 5.95. The number of hydrogen-bond donors (Lipinski definition) is 2. The normalized spacial score (nSPS) is 26.3. The van der Waals surface area contributed by atoms with E-state index in [0.29, 0.717) is 11.5 Å². The van der Waals surface area contributed by atoms with Gasteiger partial charge < -0.3 is 10.6 Å². The van der Waals surface area contributed by atoms with Gasteiger partial charge in [0, 0.05) is 36.0 Å². The lowest BCUT2D eigenvalue weighted by molar-refractivity contribution is -0.123. The Balaban J connectivity index is 1.37. The predicted molar refractivity (Wildman–Crippen MR) is 108 cm³/mol. The first-order valence-electron chi connectivity index (χ1n) is 10.2. The molecule has 0 saturated heterocycles. The molecule has 28 heavy (non-hydrogen) atoms. The average molecular weight is 377 g/mol. The maximum absolute atomic E-state index is 12.8. The Labute approximate surface area is 165 Å². The Morgan fingerprint density at radius 3 is 2.36 bits per heavy atom. The van der Waals surface area contributed by atoms with E-state index in [1.165, 1.54) is 5.56 Å². The van der Waals surface area contributed by atoms with Crippen molar-refractivity contribution in [1.29, 1.82) is 0 Å². The number of rotatable bonds is 5. The van der Waals surface area contributed by atoms with Crippen LogP contribution in [0.1, 0.15) is 59.5 Å². The van der Waals surface area contributed by atoms with Crippen molar-refractivity contribution in [2.45, 2.75) is 57.0 Å². The molecule has 1 heterocycles. The zero-order chi connectivity index (χ0) is 19.5. The van der Waals surface area contributed by atoms with Crippen LogP contribution in [-0.4, -0.2) is 28.9 Å². The SMILES string of the molecule is Cc1ccccc1C(=O)N[C@@H]1CCCC[C@H]1NC(=O)[C@@H]1C[C@H]1c1ccncc1. The Kier molecular flexibility index (Phi) is 5.42. The van der Waals surface area contributed by atoms with Crippen LogP contribution in [0.3, 0.4) is 0 Å². The van der Waals surface area contributed by atoms with Gasteiger partial charge in [-0.15, -0.1) is 0 Å². The van der Waals surface area contributed by atoms with E-state index >= 15 is 0 Å². The minimum absolute atomic E-state index is 0.00732. The molecule has 0 radical (unpaired) electrons. The van der Waals surface area contributed by atoms with Crippen LogP contribution in [0.15, 0.2) is 48.8 Å². The van der Waals surface area contributed by atoms with E-state index < -0.39 is 0 Å². The molecule has 4 rings (SSSR count). The van der Waals surface area contributed by atoms with Crippen LogP contribution in [0.2, 0.25) is 0 Å². The molecule has 0 aliphatic heterocycles. The number of pyridine rings is 1. The van der Waals surface area contributed by atoms with Gasteiger partial charge in [-0.3, -0.25) is 14.6 Å². The molecule has 0 bridgehead atoms. The molecule has 1 aromatic carbocycles. The second kappa shape index (κ2) is 8.13. The summed E-state index contributed by atoms with van der Waals surface area (Å²) in [5.74, 6) is 0.401. The lowest BCUT2D eigenvalue weighted by Gasteiger charge is -2.33. The monoisotopic (exact) mass is 377 g/mol. The van der Waals surface area contributed by atoms with E-state index in [0.717, 1.165) is 37.7 Å². The topological polar surface area (TPSA) is 71.1 Å². The highest BCUT2D eigenvalue weighted by atomic mass is 16.2. The van der Waals surface area contributed by atoms with Crippen LogP contribution in [-0.2, 0) is 4.79 Å². The van der Waals surface area contributed by atoms with Gasteiger partial charge in [0.1, 0.15) is 0 Å². The summed E-state index contributed by atoms with van der Waals surface area (Å²) in [6.45, 7) is 1.95. The smallest absolute Gasteiger partial charge is 0.251 e. The summed E-state index contributed by atoms with van der Waals surface area (Å²) in [5.41, 5.74) is 2.86. The summed E-state index contributed by atoms with van der Waals surface area (Å²) in [5, 5.41) is 6.40. The van der Waals surface area contributed by atoms with Crippen molar-refractivity contribution in [2.24, 2.45) is 5.92 Å². The Morgan fingerprint density at radius 2 is 1.64 bits per heavy atom. The maximum Gasteiger partial charge on any atom is 0.251 e. The number of nitrogens with one attached hydrogen (secondary N) is 2. The minimum atomic E-state index is -0.0506. The van der Waals surface area contributed by atoms with Gasteiger partial charge in [0.2, 0.25) is 5.91 Å².